The molecule has 1 aliphatic rings. The highest BCUT2D eigenvalue weighted by molar-refractivity contribution is 5.52. The van der Waals surface area contributed by atoms with Gasteiger partial charge in [0.25, 0.3) is 0 Å². The lowest BCUT2D eigenvalue weighted by Gasteiger charge is -2.21. The van der Waals surface area contributed by atoms with E-state index in [1.165, 1.54) is 82.0 Å². The second kappa shape index (κ2) is 8.33. The van der Waals surface area contributed by atoms with Gasteiger partial charge in [-0.2, -0.15) is 5.10 Å². The summed E-state index contributed by atoms with van der Waals surface area (Å²) in [6.07, 6.45) is 15.4. The smallest absolute Gasteiger partial charge is 0.0825 e. The van der Waals surface area contributed by atoms with Crippen molar-refractivity contribution >= 4 is 5.69 Å². The largest absolute Gasteiger partial charge is 0.379 e. The van der Waals surface area contributed by atoms with Crippen molar-refractivity contribution in [3.05, 3.63) is 11.4 Å². The maximum absolute atomic E-state index is 4.30. The van der Waals surface area contributed by atoms with Crippen LogP contribution in [-0.4, -0.2) is 16.2 Å². The number of hydrogen-bond donors (Lipinski definition) is 2. The summed E-state index contributed by atoms with van der Waals surface area (Å²) >= 11 is 0. The molecule has 1 heterocycles. The maximum Gasteiger partial charge on any atom is 0.0825 e. The Labute approximate surface area is 123 Å². The quantitative estimate of drug-likeness (QED) is 0.788. The predicted octanol–water partition coefficient (Wildman–Crippen LogP) is 5.11. The van der Waals surface area contributed by atoms with Crippen molar-refractivity contribution in [2.24, 2.45) is 0 Å². The second-order valence-electron chi connectivity index (χ2n) is 6.41. The van der Waals surface area contributed by atoms with Crippen LogP contribution in [0.1, 0.15) is 82.0 Å². The number of anilines is 1. The Bertz CT molecular complexity index is 352. The van der Waals surface area contributed by atoms with Gasteiger partial charge >= 0.3 is 0 Å². The second-order valence-corrected chi connectivity index (χ2v) is 6.41. The number of rotatable bonds is 2. The minimum atomic E-state index is 0.629. The lowest BCUT2D eigenvalue weighted by Crippen LogP contribution is -2.20. The minimum Gasteiger partial charge on any atom is -0.379 e. The van der Waals surface area contributed by atoms with Crippen molar-refractivity contribution in [3.63, 3.8) is 0 Å². The molecule has 2 rings (SSSR count). The number of nitrogens with zero attached hydrogens (tertiary/aromatic N) is 1. The summed E-state index contributed by atoms with van der Waals surface area (Å²) in [5, 5.41) is 11.1. The fourth-order valence-corrected chi connectivity index (χ4v) is 3.28. The third-order valence-electron chi connectivity index (χ3n) is 4.58. The van der Waals surface area contributed by atoms with Crippen molar-refractivity contribution in [1.29, 1.82) is 0 Å². The van der Waals surface area contributed by atoms with E-state index >= 15 is 0 Å². The zero-order valence-electron chi connectivity index (χ0n) is 13.3. The van der Waals surface area contributed by atoms with Gasteiger partial charge in [-0.25, -0.2) is 0 Å². The zero-order chi connectivity index (χ0) is 14.2. The Balaban J connectivity index is 1.88. The highest BCUT2D eigenvalue weighted by Crippen LogP contribution is 2.23. The van der Waals surface area contributed by atoms with Gasteiger partial charge in [0.1, 0.15) is 0 Å². The van der Waals surface area contributed by atoms with Crippen molar-refractivity contribution in [3.8, 4) is 0 Å². The molecule has 1 aromatic heterocycles. The zero-order valence-corrected chi connectivity index (χ0v) is 13.3. The van der Waals surface area contributed by atoms with Gasteiger partial charge in [-0.3, -0.25) is 5.10 Å². The van der Waals surface area contributed by atoms with Gasteiger partial charge in [0.2, 0.25) is 0 Å². The molecule has 20 heavy (non-hydrogen) atoms. The molecule has 0 aliphatic heterocycles. The molecule has 0 saturated heterocycles. The van der Waals surface area contributed by atoms with Crippen LogP contribution in [0, 0.1) is 13.8 Å². The molecule has 1 aliphatic carbocycles. The maximum atomic E-state index is 4.30. The van der Waals surface area contributed by atoms with E-state index in [-0.39, 0.29) is 0 Å². The Hall–Kier alpha value is -0.990. The highest BCUT2D eigenvalue weighted by atomic mass is 15.2. The summed E-state index contributed by atoms with van der Waals surface area (Å²) in [5.41, 5.74) is 3.52. The van der Waals surface area contributed by atoms with Crippen LogP contribution in [0.15, 0.2) is 0 Å². The lowest BCUT2D eigenvalue weighted by atomic mass is 9.97. The fourth-order valence-electron chi connectivity index (χ4n) is 3.28. The topological polar surface area (TPSA) is 40.7 Å². The average molecular weight is 277 g/mol. The van der Waals surface area contributed by atoms with Crippen molar-refractivity contribution in [2.75, 3.05) is 5.32 Å². The molecule has 3 heteroatoms. The van der Waals surface area contributed by atoms with Gasteiger partial charge in [0.15, 0.2) is 0 Å². The van der Waals surface area contributed by atoms with Gasteiger partial charge < -0.3 is 5.32 Å². The standard InChI is InChI=1S/C17H31N3/c1-14-17(15(2)20-19-14)18-16-12-10-8-6-4-3-5-7-9-11-13-16/h16,18H,3-13H2,1-2H3,(H,19,20). The Kier molecular flexibility index (Phi) is 6.41. The SMILES string of the molecule is Cc1n[nH]c(C)c1NC1CCCCCCCCCCC1. The molecule has 1 saturated carbocycles. The molecule has 0 unspecified atom stereocenters. The van der Waals surface area contributed by atoms with E-state index in [1.54, 1.807) is 0 Å². The van der Waals surface area contributed by atoms with Crippen molar-refractivity contribution < 1.29 is 0 Å². The van der Waals surface area contributed by atoms with E-state index in [2.05, 4.69) is 29.4 Å². The third-order valence-corrected chi connectivity index (χ3v) is 4.58. The van der Waals surface area contributed by atoms with Gasteiger partial charge in [-0.15, -0.1) is 0 Å². The van der Waals surface area contributed by atoms with Crippen LogP contribution < -0.4 is 5.32 Å². The number of aromatic amines is 1. The number of nitrogens with one attached hydrogen (secondary N) is 2. The van der Waals surface area contributed by atoms with E-state index in [0.29, 0.717) is 6.04 Å². The van der Waals surface area contributed by atoms with Crippen LogP contribution in [0.4, 0.5) is 5.69 Å². The van der Waals surface area contributed by atoms with E-state index in [0.717, 1.165) is 5.69 Å². The lowest BCUT2D eigenvalue weighted by molar-refractivity contribution is 0.480. The van der Waals surface area contributed by atoms with Crippen LogP contribution in [0.5, 0.6) is 0 Å². The summed E-state index contributed by atoms with van der Waals surface area (Å²) in [6, 6.07) is 0.629. The highest BCUT2D eigenvalue weighted by Gasteiger charge is 2.13. The Morgan fingerprint density at radius 2 is 1.35 bits per heavy atom. The molecule has 3 nitrogen and oxygen atoms in total. The first-order chi connectivity index (χ1) is 9.77. The van der Waals surface area contributed by atoms with Crippen molar-refractivity contribution in [1.82, 2.24) is 10.2 Å². The third kappa shape index (κ3) is 4.84. The molecule has 0 radical (unpaired) electrons. The molecule has 0 bridgehead atoms. The predicted molar refractivity (Wildman–Crippen MR) is 86.3 cm³/mol. The first kappa shape index (κ1) is 15.4. The molecule has 2 N–H and O–H groups in total. The van der Waals surface area contributed by atoms with Gasteiger partial charge in [0, 0.05) is 6.04 Å². The molecule has 0 amide bonds. The fraction of sp³-hybridized carbons (Fsp3) is 0.824. The van der Waals surface area contributed by atoms with E-state index < -0.39 is 0 Å². The van der Waals surface area contributed by atoms with E-state index in [1.807, 2.05) is 0 Å². The monoisotopic (exact) mass is 277 g/mol. The first-order valence-electron chi connectivity index (χ1n) is 8.55. The van der Waals surface area contributed by atoms with Gasteiger partial charge in [-0.05, 0) is 26.7 Å². The van der Waals surface area contributed by atoms with Gasteiger partial charge in [0.05, 0.1) is 17.1 Å². The van der Waals surface area contributed by atoms with Crippen LogP contribution in [-0.2, 0) is 0 Å². The Morgan fingerprint density at radius 3 is 1.80 bits per heavy atom. The molecular formula is C17H31N3. The van der Waals surface area contributed by atoms with Crippen LogP contribution >= 0.6 is 0 Å². The summed E-state index contributed by atoms with van der Waals surface area (Å²) in [6.45, 7) is 4.19. The molecule has 0 aromatic carbocycles. The number of hydrogen-bond acceptors (Lipinski definition) is 2. The molecule has 1 aromatic rings. The van der Waals surface area contributed by atoms with E-state index in [9.17, 15) is 0 Å². The van der Waals surface area contributed by atoms with Crippen LogP contribution in [0.3, 0.4) is 0 Å². The number of H-pyrrole nitrogens is 1. The summed E-state index contributed by atoms with van der Waals surface area (Å²) < 4.78 is 0. The minimum absolute atomic E-state index is 0.629. The molecular weight excluding hydrogens is 246 g/mol. The van der Waals surface area contributed by atoms with Gasteiger partial charge in [-0.1, -0.05) is 57.8 Å². The first-order valence-corrected chi connectivity index (χ1v) is 8.55. The summed E-state index contributed by atoms with van der Waals surface area (Å²) in [5.74, 6) is 0. The average Bonchev–Trinajstić information content (AvgIpc) is 2.73. The summed E-state index contributed by atoms with van der Waals surface area (Å²) in [7, 11) is 0. The Morgan fingerprint density at radius 1 is 0.850 bits per heavy atom. The van der Waals surface area contributed by atoms with Crippen LogP contribution in [0.2, 0.25) is 0 Å². The molecule has 0 atom stereocenters. The number of aryl methyl sites for hydroxylation is 2. The van der Waals surface area contributed by atoms with E-state index in [4.69, 9.17) is 0 Å². The van der Waals surface area contributed by atoms with Crippen LogP contribution in [0.25, 0.3) is 0 Å². The molecule has 0 spiro atoms. The molecule has 114 valence electrons. The summed E-state index contributed by atoms with van der Waals surface area (Å²) in [4.78, 5) is 0. The molecule has 1 fully saturated rings. The van der Waals surface area contributed by atoms with Crippen molar-refractivity contribution in [2.45, 2.75) is 90.5 Å². The normalized spacial score (nSPS) is 20.1. The number of aromatic nitrogens is 2.